The Morgan fingerprint density at radius 2 is 2.10 bits per heavy atom. The van der Waals surface area contributed by atoms with E-state index in [9.17, 15) is 4.39 Å². The van der Waals surface area contributed by atoms with Crippen molar-refractivity contribution in [3.8, 4) is 0 Å². The number of alkyl halides is 1. The van der Waals surface area contributed by atoms with Crippen molar-refractivity contribution in [1.29, 1.82) is 0 Å². The highest BCUT2D eigenvalue weighted by atomic mass is 35.5. The minimum Gasteiger partial charge on any atom is -0.324 e. The third kappa shape index (κ3) is 2.57. The Hall–Kier alpha value is -1.09. The molecule has 0 saturated heterocycles. The normalized spacial score (nSPS) is 26.4. The SMILES string of the molecule is Cc1cc2c(cc1F)nc(CCl)n2C1CCC(C)CC1C. The smallest absolute Gasteiger partial charge is 0.128 e. The Bertz CT molecular complexity index is 664. The quantitative estimate of drug-likeness (QED) is 0.695. The zero-order valence-electron chi connectivity index (χ0n) is 12.9. The van der Waals surface area contributed by atoms with E-state index in [0.29, 0.717) is 23.4 Å². The topological polar surface area (TPSA) is 17.8 Å². The van der Waals surface area contributed by atoms with Crippen LogP contribution in [0.3, 0.4) is 0 Å². The van der Waals surface area contributed by atoms with Crippen molar-refractivity contribution in [3.05, 3.63) is 29.3 Å². The standard InChI is InChI=1S/C17H22ClFN2/c1-10-4-5-15(12(3)6-10)21-16-7-11(2)13(19)8-14(16)20-17(21)9-18/h7-8,10,12,15H,4-6,9H2,1-3H3. The van der Waals surface area contributed by atoms with Gasteiger partial charge in [-0.1, -0.05) is 13.8 Å². The summed E-state index contributed by atoms with van der Waals surface area (Å²) in [6, 6.07) is 3.87. The van der Waals surface area contributed by atoms with Crippen molar-refractivity contribution in [2.24, 2.45) is 11.8 Å². The van der Waals surface area contributed by atoms with Crippen molar-refractivity contribution in [3.63, 3.8) is 0 Å². The molecule has 0 radical (unpaired) electrons. The summed E-state index contributed by atoms with van der Waals surface area (Å²) in [7, 11) is 0. The van der Waals surface area contributed by atoms with E-state index in [1.165, 1.54) is 18.9 Å². The average Bonchev–Trinajstić information content (AvgIpc) is 2.77. The van der Waals surface area contributed by atoms with Crippen LogP contribution in [-0.2, 0) is 5.88 Å². The van der Waals surface area contributed by atoms with Crippen LogP contribution < -0.4 is 0 Å². The summed E-state index contributed by atoms with van der Waals surface area (Å²) < 4.78 is 16.1. The number of aromatic nitrogens is 2. The number of benzene rings is 1. The first-order chi connectivity index (χ1) is 10.0. The van der Waals surface area contributed by atoms with Crippen LogP contribution in [0.4, 0.5) is 4.39 Å². The van der Waals surface area contributed by atoms with E-state index >= 15 is 0 Å². The molecule has 1 fully saturated rings. The van der Waals surface area contributed by atoms with Crippen LogP contribution in [0.25, 0.3) is 11.0 Å². The molecule has 1 aliphatic rings. The van der Waals surface area contributed by atoms with E-state index in [1.54, 1.807) is 6.92 Å². The van der Waals surface area contributed by atoms with Crippen LogP contribution in [0, 0.1) is 24.6 Å². The maximum Gasteiger partial charge on any atom is 0.128 e. The first-order valence-electron chi connectivity index (χ1n) is 7.74. The molecule has 3 rings (SSSR count). The highest BCUT2D eigenvalue weighted by Crippen LogP contribution is 2.39. The molecule has 1 aromatic heterocycles. The van der Waals surface area contributed by atoms with Crippen molar-refractivity contribution in [2.75, 3.05) is 0 Å². The molecular formula is C17H22ClFN2. The molecule has 1 aliphatic carbocycles. The summed E-state index contributed by atoms with van der Waals surface area (Å²) in [6.45, 7) is 6.43. The number of imidazole rings is 1. The summed E-state index contributed by atoms with van der Waals surface area (Å²) in [5, 5.41) is 0. The van der Waals surface area contributed by atoms with Crippen LogP contribution in [0.5, 0.6) is 0 Å². The zero-order valence-corrected chi connectivity index (χ0v) is 13.6. The maximum atomic E-state index is 13.8. The van der Waals surface area contributed by atoms with Crippen LogP contribution in [0.15, 0.2) is 12.1 Å². The summed E-state index contributed by atoms with van der Waals surface area (Å²) in [5.41, 5.74) is 2.41. The molecule has 21 heavy (non-hydrogen) atoms. The van der Waals surface area contributed by atoms with Gasteiger partial charge in [0.25, 0.3) is 0 Å². The van der Waals surface area contributed by atoms with Gasteiger partial charge in [0.05, 0.1) is 16.9 Å². The first-order valence-corrected chi connectivity index (χ1v) is 8.27. The van der Waals surface area contributed by atoms with Gasteiger partial charge in [0.1, 0.15) is 11.6 Å². The first kappa shape index (κ1) is 14.8. The second kappa shape index (κ2) is 5.60. The van der Waals surface area contributed by atoms with Gasteiger partial charge in [-0.25, -0.2) is 9.37 Å². The maximum absolute atomic E-state index is 13.8. The molecule has 0 amide bonds. The van der Waals surface area contributed by atoms with Crippen LogP contribution in [-0.4, -0.2) is 9.55 Å². The fraction of sp³-hybridized carbons (Fsp3) is 0.588. The van der Waals surface area contributed by atoms with E-state index < -0.39 is 0 Å². The lowest BCUT2D eigenvalue weighted by Gasteiger charge is -2.34. The predicted octanol–water partition coefficient (Wildman–Crippen LogP) is 5.22. The van der Waals surface area contributed by atoms with Gasteiger partial charge in [0.15, 0.2) is 0 Å². The fourth-order valence-electron chi connectivity index (χ4n) is 3.77. The Balaban J connectivity index is 2.14. The van der Waals surface area contributed by atoms with E-state index in [4.69, 9.17) is 11.6 Å². The number of rotatable bonds is 2. The predicted molar refractivity (Wildman–Crippen MR) is 85.2 cm³/mol. The second-order valence-electron chi connectivity index (χ2n) is 6.58. The van der Waals surface area contributed by atoms with Gasteiger partial charge in [-0.3, -0.25) is 0 Å². The van der Waals surface area contributed by atoms with Crippen molar-refractivity contribution in [2.45, 2.75) is 52.0 Å². The van der Waals surface area contributed by atoms with Crippen LogP contribution >= 0.6 is 11.6 Å². The third-order valence-electron chi connectivity index (χ3n) is 4.88. The molecule has 2 aromatic rings. The lowest BCUT2D eigenvalue weighted by Crippen LogP contribution is -2.25. The molecule has 0 bridgehead atoms. The number of halogens is 2. The summed E-state index contributed by atoms with van der Waals surface area (Å²) in [6.07, 6.45) is 3.61. The highest BCUT2D eigenvalue weighted by Gasteiger charge is 2.29. The molecule has 1 saturated carbocycles. The number of nitrogens with zero attached hydrogens (tertiary/aromatic N) is 2. The van der Waals surface area contributed by atoms with Gasteiger partial charge in [-0.15, -0.1) is 11.6 Å². The van der Waals surface area contributed by atoms with Crippen LogP contribution in [0.2, 0.25) is 0 Å². The summed E-state index contributed by atoms with van der Waals surface area (Å²) in [4.78, 5) is 4.55. The Morgan fingerprint density at radius 3 is 2.76 bits per heavy atom. The Morgan fingerprint density at radius 1 is 1.33 bits per heavy atom. The molecule has 0 spiro atoms. The molecule has 0 N–H and O–H groups in total. The van der Waals surface area contributed by atoms with Gasteiger partial charge in [-0.2, -0.15) is 0 Å². The van der Waals surface area contributed by atoms with E-state index in [0.717, 1.165) is 29.2 Å². The summed E-state index contributed by atoms with van der Waals surface area (Å²) >= 11 is 6.10. The van der Waals surface area contributed by atoms with Gasteiger partial charge in [-0.05, 0) is 49.7 Å². The summed E-state index contributed by atoms with van der Waals surface area (Å²) in [5.74, 6) is 2.42. The second-order valence-corrected chi connectivity index (χ2v) is 6.85. The van der Waals surface area contributed by atoms with E-state index in [2.05, 4.69) is 23.4 Å². The molecule has 3 atom stereocenters. The molecule has 0 aliphatic heterocycles. The average molecular weight is 309 g/mol. The lowest BCUT2D eigenvalue weighted by atomic mass is 9.79. The molecule has 1 heterocycles. The third-order valence-corrected chi connectivity index (χ3v) is 5.12. The molecule has 1 aromatic carbocycles. The van der Waals surface area contributed by atoms with Crippen LogP contribution in [0.1, 0.15) is 50.5 Å². The lowest BCUT2D eigenvalue weighted by molar-refractivity contribution is 0.209. The molecular weight excluding hydrogens is 287 g/mol. The van der Waals surface area contributed by atoms with Crippen molar-refractivity contribution >= 4 is 22.6 Å². The van der Waals surface area contributed by atoms with E-state index in [-0.39, 0.29) is 5.82 Å². The van der Waals surface area contributed by atoms with Gasteiger partial charge < -0.3 is 4.57 Å². The number of hydrogen-bond donors (Lipinski definition) is 0. The van der Waals surface area contributed by atoms with Gasteiger partial charge >= 0.3 is 0 Å². The van der Waals surface area contributed by atoms with Crippen molar-refractivity contribution in [1.82, 2.24) is 9.55 Å². The Kier molecular flexibility index (Phi) is 3.96. The number of fused-ring (bicyclic) bond motifs is 1. The molecule has 114 valence electrons. The Labute approximate surface area is 130 Å². The largest absolute Gasteiger partial charge is 0.324 e. The molecule has 3 unspecified atom stereocenters. The number of hydrogen-bond acceptors (Lipinski definition) is 1. The number of aryl methyl sites for hydroxylation is 1. The molecule has 4 heteroatoms. The fourth-order valence-corrected chi connectivity index (χ4v) is 3.96. The monoisotopic (exact) mass is 308 g/mol. The van der Waals surface area contributed by atoms with Crippen molar-refractivity contribution < 1.29 is 4.39 Å². The van der Waals surface area contributed by atoms with Gasteiger partial charge in [0, 0.05) is 12.1 Å². The minimum atomic E-state index is -0.196. The zero-order chi connectivity index (χ0) is 15.1. The minimum absolute atomic E-state index is 0.196. The van der Waals surface area contributed by atoms with E-state index in [1.807, 2.05) is 6.07 Å². The highest BCUT2D eigenvalue weighted by molar-refractivity contribution is 6.16. The van der Waals surface area contributed by atoms with Gasteiger partial charge in [0.2, 0.25) is 0 Å². The molecule has 2 nitrogen and oxygen atoms in total.